The second-order valence-electron chi connectivity index (χ2n) is 4.07. The zero-order chi connectivity index (χ0) is 15.6. The first kappa shape index (κ1) is 17.7. The van der Waals surface area contributed by atoms with Crippen LogP contribution in [-0.2, 0) is 22.5 Å². The van der Waals surface area contributed by atoms with Gasteiger partial charge in [0.25, 0.3) is 0 Å². The van der Waals surface area contributed by atoms with Gasteiger partial charge in [-0.2, -0.15) is 13.2 Å². The number of halogens is 4. The monoisotopic (exact) mass is 348 g/mol. The Kier molecular flexibility index (Phi) is 5.80. The average molecular weight is 349 g/mol. The van der Waals surface area contributed by atoms with E-state index in [1.165, 1.54) is 7.11 Å². The van der Waals surface area contributed by atoms with Gasteiger partial charge in [0.2, 0.25) is 5.88 Å². The molecule has 1 aromatic heterocycles. The van der Waals surface area contributed by atoms with Crippen molar-refractivity contribution in [2.24, 2.45) is 0 Å². The molecular weight excluding hydrogens is 336 g/mol. The quantitative estimate of drug-likeness (QED) is 0.643. The third-order valence-corrected chi connectivity index (χ3v) is 4.89. The minimum Gasteiger partial charge on any atom is -0.414 e. The fourth-order valence-electron chi connectivity index (χ4n) is 1.24. The van der Waals surface area contributed by atoms with Gasteiger partial charge < -0.3 is 9.05 Å². The first-order valence-corrected chi connectivity index (χ1v) is 8.45. The standard InChI is InChI=1S/C10H13ClF3N2O2PS/c1-6(2)16-19(20,17-3)18-9-5-7(10(12,13)14)4-8(11)15-9/h4-6H,1-3H3,(H,16,20). The second-order valence-corrected chi connectivity index (χ2v) is 7.70. The van der Waals surface area contributed by atoms with Crippen molar-refractivity contribution in [1.82, 2.24) is 10.1 Å². The van der Waals surface area contributed by atoms with Crippen molar-refractivity contribution in [2.45, 2.75) is 26.1 Å². The summed E-state index contributed by atoms with van der Waals surface area (Å²) in [6.07, 6.45) is -4.55. The molecule has 1 heterocycles. The zero-order valence-electron chi connectivity index (χ0n) is 10.9. The van der Waals surface area contributed by atoms with E-state index in [2.05, 4.69) is 10.1 Å². The largest absolute Gasteiger partial charge is 0.416 e. The maximum Gasteiger partial charge on any atom is 0.416 e. The lowest BCUT2D eigenvalue weighted by Gasteiger charge is -2.23. The molecule has 0 radical (unpaired) electrons. The predicted octanol–water partition coefficient (Wildman–Crippen LogP) is 4.00. The van der Waals surface area contributed by atoms with Gasteiger partial charge >= 0.3 is 12.8 Å². The summed E-state index contributed by atoms with van der Waals surface area (Å²) in [7, 11) is 1.31. The molecule has 20 heavy (non-hydrogen) atoms. The number of nitrogens with zero attached hydrogens (tertiary/aromatic N) is 1. The molecule has 1 rings (SSSR count). The molecule has 0 spiro atoms. The van der Waals surface area contributed by atoms with Gasteiger partial charge in [-0.3, -0.25) is 0 Å². The summed E-state index contributed by atoms with van der Waals surface area (Å²) in [5.74, 6) is -0.330. The molecule has 1 atom stereocenters. The summed E-state index contributed by atoms with van der Waals surface area (Å²) in [4.78, 5) is 3.67. The van der Waals surface area contributed by atoms with Crippen molar-refractivity contribution in [2.75, 3.05) is 7.11 Å². The number of hydrogen-bond donors (Lipinski definition) is 1. The molecule has 0 aliphatic heterocycles. The SMILES string of the molecule is COP(=S)(NC(C)C)Oc1cc(C(F)(F)F)cc(Cl)n1. The van der Waals surface area contributed by atoms with E-state index in [1.807, 2.05) is 0 Å². The van der Waals surface area contributed by atoms with Gasteiger partial charge in [0.15, 0.2) is 0 Å². The fourth-order valence-corrected chi connectivity index (χ4v) is 3.51. The van der Waals surface area contributed by atoms with Gasteiger partial charge in [0.1, 0.15) is 5.15 Å². The molecule has 0 aliphatic carbocycles. The van der Waals surface area contributed by atoms with Crippen LogP contribution in [0.3, 0.4) is 0 Å². The molecule has 1 aromatic rings. The molecule has 1 N–H and O–H groups in total. The summed E-state index contributed by atoms with van der Waals surface area (Å²) < 4.78 is 48.3. The molecule has 0 fully saturated rings. The van der Waals surface area contributed by atoms with Crippen LogP contribution in [0, 0.1) is 0 Å². The molecule has 4 nitrogen and oxygen atoms in total. The smallest absolute Gasteiger partial charge is 0.414 e. The third-order valence-electron chi connectivity index (χ3n) is 1.97. The Morgan fingerprint density at radius 3 is 2.45 bits per heavy atom. The number of hydrogen-bond acceptors (Lipinski definition) is 4. The summed E-state index contributed by atoms with van der Waals surface area (Å²) >= 11 is 10.7. The Morgan fingerprint density at radius 1 is 1.40 bits per heavy atom. The predicted molar refractivity (Wildman–Crippen MR) is 74.4 cm³/mol. The second kappa shape index (κ2) is 6.58. The third kappa shape index (κ3) is 5.18. The van der Waals surface area contributed by atoms with Crippen molar-refractivity contribution in [3.8, 4) is 5.88 Å². The first-order chi connectivity index (χ1) is 9.05. The summed E-state index contributed by atoms with van der Waals surface area (Å²) in [5.41, 5.74) is -0.963. The van der Waals surface area contributed by atoms with Gasteiger partial charge in [-0.15, -0.1) is 0 Å². The number of aromatic nitrogens is 1. The molecule has 0 saturated heterocycles. The van der Waals surface area contributed by atoms with Crippen molar-refractivity contribution in [3.63, 3.8) is 0 Å². The van der Waals surface area contributed by atoms with E-state index in [-0.39, 0.29) is 17.1 Å². The highest BCUT2D eigenvalue weighted by Gasteiger charge is 2.32. The zero-order valence-corrected chi connectivity index (χ0v) is 13.3. The summed E-state index contributed by atoms with van der Waals surface area (Å²) in [6, 6.07) is 1.37. The van der Waals surface area contributed by atoms with E-state index in [0.717, 1.165) is 6.07 Å². The molecule has 1 unspecified atom stereocenters. The van der Waals surface area contributed by atoms with E-state index in [0.29, 0.717) is 6.07 Å². The van der Waals surface area contributed by atoms with Gasteiger partial charge in [-0.1, -0.05) is 11.6 Å². The van der Waals surface area contributed by atoms with Gasteiger partial charge in [0, 0.05) is 19.2 Å². The van der Waals surface area contributed by atoms with Crippen LogP contribution in [0.15, 0.2) is 12.1 Å². The molecule has 0 bridgehead atoms. The topological polar surface area (TPSA) is 43.4 Å². The van der Waals surface area contributed by atoms with Crippen LogP contribution < -0.4 is 9.61 Å². The highest BCUT2D eigenvalue weighted by molar-refractivity contribution is 8.09. The minimum absolute atomic E-state index is 0.0675. The Morgan fingerprint density at radius 2 is 2.00 bits per heavy atom. The molecule has 0 aliphatic rings. The van der Waals surface area contributed by atoms with Gasteiger partial charge in [0.05, 0.1) is 5.56 Å². The number of nitrogens with one attached hydrogen (secondary N) is 1. The number of alkyl halides is 3. The van der Waals surface area contributed by atoms with Crippen LogP contribution in [0.4, 0.5) is 13.2 Å². The molecule has 114 valence electrons. The molecule has 0 saturated carbocycles. The van der Waals surface area contributed by atoms with Crippen molar-refractivity contribution in [1.29, 1.82) is 0 Å². The summed E-state index contributed by atoms with van der Waals surface area (Å²) in [6.45, 7) is 0.628. The highest BCUT2D eigenvalue weighted by Crippen LogP contribution is 2.44. The van der Waals surface area contributed by atoms with E-state index < -0.39 is 18.4 Å². The highest BCUT2D eigenvalue weighted by atomic mass is 35.5. The normalized spacial score (nSPS) is 15.2. The van der Waals surface area contributed by atoms with Crippen LogP contribution in [0.25, 0.3) is 0 Å². The Balaban J connectivity index is 3.08. The van der Waals surface area contributed by atoms with Crippen molar-refractivity contribution < 1.29 is 22.2 Å². The lowest BCUT2D eigenvalue weighted by Crippen LogP contribution is -2.23. The van der Waals surface area contributed by atoms with E-state index >= 15 is 0 Å². The Hall–Kier alpha value is -0.400. The van der Waals surface area contributed by atoms with E-state index in [4.69, 9.17) is 32.5 Å². The minimum atomic E-state index is -4.55. The number of pyridine rings is 1. The molecule has 0 aromatic carbocycles. The lowest BCUT2D eigenvalue weighted by molar-refractivity contribution is -0.137. The molecule has 0 amide bonds. The Bertz CT molecular complexity index is 528. The number of rotatable bonds is 5. The van der Waals surface area contributed by atoms with E-state index in [9.17, 15) is 13.2 Å². The van der Waals surface area contributed by atoms with Crippen molar-refractivity contribution >= 4 is 30.1 Å². The first-order valence-electron chi connectivity index (χ1n) is 5.43. The van der Waals surface area contributed by atoms with Crippen LogP contribution in [0.1, 0.15) is 19.4 Å². The van der Waals surface area contributed by atoms with Crippen LogP contribution in [0.5, 0.6) is 5.88 Å². The van der Waals surface area contributed by atoms with Gasteiger partial charge in [-0.05, 0) is 31.7 Å². The van der Waals surface area contributed by atoms with Crippen LogP contribution in [-0.4, -0.2) is 18.1 Å². The van der Waals surface area contributed by atoms with Crippen LogP contribution >= 0.6 is 18.2 Å². The van der Waals surface area contributed by atoms with E-state index in [1.54, 1.807) is 13.8 Å². The Labute approximate surface area is 124 Å². The summed E-state index contributed by atoms with van der Waals surface area (Å²) in [5, 5.41) is 2.51. The maximum absolute atomic E-state index is 12.7. The maximum atomic E-state index is 12.7. The fraction of sp³-hybridized carbons (Fsp3) is 0.500. The van der Waals surface area contributed by atoms with Crippen LogP contribution in [0.2, 0.25) is 5.15 Å². The molecular formula is C10H13ClF3N2O2PS. The van der Waals surface area contributed by atoms with Crippen molar-refractivity contribution in [3.05, 3.63) is 22.8 Å². The lowest BCUT2D eigenvalue weighted by atomic mass is 10.2. The van der Waals surface area contributed by atoms with Gasteiger partial charge in [-0.25, -0.2) is 10.1 Å². The molecule has 10 heteroatoms. The average Bonchev–Trinajstić information content (AvgIpc) is 2.25.